The fraction of sp³-hybridized carbons (Fsp3) is 0.111. The summed E-state index contributed by atoms with van der Waals surface area (Å²) in [5, 5.41) is 0.770. The average Bonchev–Trinajstić information content (AvgIpc) is 2.17. The Bertz CT molecular complexity index is 429. The Hall–Kier alpha value is -1.58. The van der Waals surface area contributed by atoms with Crippen molar-refractivity contribution in [2.24, 2.45) is 0 Å². The highest BCUT2D eigenvalue weighted by Gasteiger charge is 2.10. The van der Waals surface area contributed by atoms with E-state index in [1.807, 2.05) is 6.07 Å². The van der Waals surface area contributed by atoms with Crippen LogP contribution >= 0.6 is 0 Å². The molecule has 0 aliphatic carbocycles. The van der Waals surface area contributed by atoms with Crippen molar-refractivity contribution in [2.45, 2.75) is 6.43 Å². The summed E-state index contributed by atoms with van der Waals surface area (Å²) in [5.41, 5.74) is 0.549. The number of hydrogen-bond acceptors (Lipinski definition) is 2. The Balaban J connectivity index is 2.62. The zero-order valence-corrected chi connectivity index (χ0v) is 6.61. The summed E-state index contributed by atoms with van der Waals surface area (Å²) in [4.78, 5) is 7.26. The maximum Gasteiger partial charge on any atom is 0.297 e. The van der Waals surface area contributed by atoms with Gasteiger partial charge in [0.1, 0.15) is 0 Å². The first-order chi connectivity index (χ1) is 6.27. The fourth-order valence-electron chi connectivity index (χ4n) is 1.09. The molecule has 13 heavy (non-hydrogen) atoms. The average molecular weight is 180 g/mol. The molecule has 2 aromatic rings. The molecule has 0 radical (unpaired) electrons. The van der Waals surface area contributed by atoms with Crippen LogP contribution in [0, 0.1) is 0 Å². The minimum absolute atomic E-state index is 0.418. The lowest BCUT2D eigenvalue weighted by atomic mass is 10.2. The number of alkyl halides is 2. The lowest BCUT2D eigenvalue weighted by molar-refractivity contribution is 0.141. The highest BCUT2D eigenvalue weighted by molar-refractivity contribution is 5.77. The molecule has 0 atom stereocenters. The van der Waals surface area contributed by atoms with E-state index in [9.17, 15) is 8.78 Å². The summed E-state index contributed by atoms with van der Waals surface area (Å²) in [6.45, 7) is 0. The van der Waals surface area contributed by atoms with Crippen molar-refractivity contribution in [3.05, 3.63) is 36.3 Å². The van der Waals surface area contributed by atoms with Crippen LogP contribution in [0.4, 0.5) is 8.78 Å². The van der Waals surface area contributed by atoms with Gasteiger partial charge in [0.15, 0.2) is 5.82 Å². The number of fused-ring (bicyclic) bond motifs is 1. The molecule has 0 unspecified atom stereocenters. The molecule has 0 amide bonds. The van der Waals surface area contributed by atoms with Crippen LogP contribution in [0.2, 0.25) is 0 Å². The molecule has 0 spiro atoms. The lowest BCUT2D eigenvalue weighted by Gasteiger charge is -1.99. The maximum atomic E-state index is 12.2. The second-order valence-electron chi connectivity index (χ2n) is 2.59. The third-order valence-corrected chi connectivity index (χ3v) is 1.70. The van der Waals surface area contributed by atoms with E-state index < -0.39 is 12.2 Å². The second-order valence-corrected chi connectivity index (χ2v) is 2.59. The Labute approximate surface area is 73.2 Å². The molecule has 1 aromatic heterocycles. The Kier molecular flexibility index (Phi) is 1.88. The molecule has 0 N–H and O–H groups in total. The molecular formula is C9H6F2N2. The monoisotopic (exact) mass is 180 g/mol. The van der Waals surface area contributed by atoms with Crippen LogP contribution in [-0.2, 0) is 0 Å². The molecule has 1 aromatic carbocycles. The SMILES string of the molecule is FC(F)c1ncc2ccccc2n1. The largest absolute Gasteiger partial charge is 0.297 e. The van der Waals surface area contributed by atoms with Crippen LogP contribution in [0.25, 0.3) is 10.9 Å². The highest BCUT2D eigenvalue weighted by atomic mass is 19.3. The normalized spacial score (nSPS) is 11.0. The summed E-state index contributed by atoms with van der Waals surface area (Å²) in [6, 6.07) is 7.03. The van der Waals surface area contributed by atoms with Crippen molar-refractivity contribution >= 4 is 10.9 Å². The molecule has 4 heteroatoms. The van der Waals surface area contributed by atoms with Gasteiger partial charge < -0.3 is 0 Å². The molecule has 2 nitrogen and oxygen atoms in total. The predicted molar refractivity (Wildman–Crippen MR) is 44.5 cm³/mol. The quantitative estimate of drug-likeness (QED) is 0.674. The van der Waals surface area contributed by atoms with Crippen molar-refractivity contribution in [3.8, 4) is 0 Å². The van der Waals surface area contributed by atoms with Crippen molar-refractivity contribution < 1.29 is 8.78 Å². The van der Waals surface area contributed by atoms with Crippen molar-refractivity contribution in [2.75, 3.05) is 0 Å². The van der Waals surface area contributed by atoms with Gasteiger partial charge >= 0.3 is 0 Å². The maximum absolute atomic E-state index is 12.2. The molecule has 0 saturated carbocycles. The lowest BCUT2D eigenvalue weighted by Crippen LogP contribution is -1.94. The summed E-state index contributed by atoms with van der Waals surface area (Å²) in [7, 11) is 0. The Morgan fingerprint density at radius 1 is 1.15 bits per heavy atom. The van der Waals surface area contributed by atoms with E-state index in [0.29, 0.717) is 5.52 Å². The number of rotatable bonds is 1. The molecule has 0 saturated heterocycles. The standard InChI is InChI=1S/C9H6F2N2/c10-8(11)9-12-5-6-3-1-2-4-7(6)13-9/h1-5,8H. The Morgan fingerprint density at radius 2 is 1.92 bits per heavy atom. The van der Waals surface area contributed by atoms with Gasteiger partial charge in [0, 0.05) is 11.6 Å². The van der Waals surface area contributed by atoms with Gasteiger partial charge in [-0.25, -0.2) is 18.7 Å². The van der Waals surface area contributed by atoms with Gasteiger partial charge in [-0.05, 0) is 6.07 Å². The molecular weight excluding hydrogens is 174 g/mol. The molecule has 66 valence electrons. The van der Waals surface area contributed by atoms with Gasteiger partial charge in [0.2, 0.25) is 0 Å². The van der Waals surface area contributed by atoms with E-state index in [4.69, 9.17) is 0 Å². The molecule has 0 aliphatic rings. The number of aromatic nitrogens is 2. The predicted octanol–water partition coefficient (Wildman–Crippen LogP) is 2.57. The molecule has 0 fully saturated rings. The van der Waals surface area contributed by atoms with Crippen LogP contribution < -0.4 is 0 Å². The molecule has 2 rings (SSSR count). The van der Waals surface area contributed by atoms with E-state index >= 15 is 0 Å². The first kappa shape index (κ1) is 8.04. The van der Waals surface area contributed by atoms with Crippen LogP contribution in [0.5, 0.6) is 0 Å². The topological polar surface area (TPSA) is 25.8 Å². The molecule has 0 aliphatic heterocycles. The van der Waals surface area contributed by atoms with Crippen molar-refractivity contribution in [1.29, 1.82) is 0 Å². The Morgan fingerprint density at radius 3 is 2.69 bits per heavy atom. The first-order valence-electron chi connectivity index (χ1n) is 3.77. The number of hydrogen-bond donors (Lipinski definition) is 0. The highest BCUT2D eigenvalue weighted by Crippen LogP contribution is 2.16. The van der Waals surface area contributed by atoms with E-state index in [2.05, 4.69) is 9.97 Å². The number of nitrogens with zero attached hydrogens (tertiary/aromatic N) is 2. The van der Waals surface area contributed by atoms with Crippen molar-refractivity contribution in [3.63, 3.8) is 0 Å². The minimum Gasteiger partial charge on any atom is -0.235 e. The number of para-hydroxylation sites is 1. The first-order valence-corrected chi connectivity index (χ1v) is 3.77. The van der Waals surface area contributed by atoms with Gasteiger partial charge in [0.25, 0.3) is 6.43 Å². The molecule has 1 heterocycles. The van der Waals surface area contributed by atoms with Gasteiger partial charge in [-0.2, -0.15) is 0 Å². The van der Waals surface area contributed by atoms with E-state index in [0.717, 1.165) is 5.39 Å². The van der Waals surface area contributed by atoms with Crippen molar-refractivity contribution in [1.82, 2.24) is 9.97 Å². The molecule has 0 bridgehead atoms. The van der Waals surface area contributed by atoms with E-state index in [-0.39, 0.29) is 0 Å². The van der Waals surface area contributed by atoms with Crippen LogP contribution in [0.15, 0.2) is 30.5 Å². The van der Waals surface area contributed by atoms with Crippen LogP contribution in [0.1, 0.15) is 12.2 Å². The second kappa shape index (κ2) is 3.05. The van der Waals surface area contributed by atoms with Gasteiger partial charge in [-0.3, -0.25) is 0 Å². The number of halogens is 2. The summed E-state index contributed by atoms with van der Waals surface area (Å²) in [6.07, 6.45) is -1.20. The number of benzene rings is 1. The summed E-state index contributed by atoms with van der Waals surface area (Å²) >= 11 is 0. The fourth-order valence-corrected chi connectivity index (χ4v) is 1.09. The van der Waals surface area contributed by atoms with Gasteiger partial charge in [0.05, 0.1) is 5.52 Å². The summed E-state index contributed by atoms with van der Waals surface area (Å²) in [5.74, 6) is -0.418. The van der Waals surface area contributed by atoms with Crippen LogP contribution in [0.3, 0.4) is 0 Å². The van der Waals surface area contributed by atoms with Gasteiger partial charge in [-0.15, -0.1) is 0 Å². The third-order valence-electron chi connectivity index (χ3n) is 1.70. The van der Waals surface area contributed by atoms with Crippen LogP contribution in [-0.4, -0.2) is 9.97 Å². The minimum atomic E-state index is -2.61. The van der Waals surface area contributed by atoms with Gasteiger partial charge in [-0.1, -0.05) is 18.2 Å². The summed E-state index contributed by atoms with van der Waals surface area (Å²) < 4.78 is 24.3. The third kappa shape index (κ3) is 1.47. The zero-order chi connectivity index (χ0) is 9.26. The van der Waals surface area contributed by atoms with E-state index in [1.54, 1.807) is 18.2 Å². The zero-order valence-electron chi connectivity index (χ0n) is 6.61. The smallest absolute Gasteiger partial charge is 0.235 e. The van der Waals surface area contributed by atoms with E-state index in [1.165, 1.54) is 6.20 Å².